The van der Waals surface area contributed by atoms with Crippen LogP contribution in [0.4, 0.5) is 0 Å². The largest absolute Gasteiger partial charge is 0.469 e. The van der Waals surface area contributed by atoms with E-state index in [4.69, 9.17) is 9.15 Å². The molecule has 1 aromatic heterocycles. The van der Waals surface area contributed by atoms with Gasteiger partial charge in [0.05, 0.1) is 19.5 Å². The summed E-state index contributed by atoms with van der Waals surface area (Å²) < 4.78 is 10.7. The average Bonchev–Trinajstić information content (AvgIpc) is 2.83. The minimum absolute atomic E-state index is 0.877. The molecule has 0 aliphatic carbocycles. The van der Waals surface area contributed by atoms with Crippen LogP contribution in [-0.4, -0.2) is 44.3 Å². The van der Waals surface area contributed by atoms with E-state index >= 15 is 0 Å². The van der Waals surface area contributed by atoms with Crippen LogP contribution >= 0.6 is 0 Å². The van der Waals surface area contributed by atoms with Crippen LogP contribution in [0, 0.1) is 0 Å². The molecular formula is C13H22N2O2. The molecule has 17 heavy (non-hydrogen) atoms. The Morgan fingerprint density at radius 1 is 1.35 bits per heavy atom. The molecule has 1 aliphatic heterocycles. The van der Waals surface area contributed by atoms with E-state index in [2.05, 4.69) is 23.2 Å². The number of ether oxygens (including phenoxy) is 1. The fraction of sp³-hybridized carbons (Fsp3) is 0.692. The molecule has 0 spiro atoms. The van der Waals surface area contributed by atoms with Gasteiger partial charge in [0.1, 0.15) is 5.76 Å². The summed E-state index contributed by atoms with van der Waals surface area (Å²) in [6, 6.07) is 2.06. The fourth-order valence-electron chi connectivity index (χ4n) is 2.12. The van der Waals surface area contributed by atoms with E-state index in [1.54, 1.807) is 6.26 Å². The second kappa shape index (κ2) is 6.79. The lowest BCUT2D eigenvalue weighted by Crippen LogP contribution is -2.40. The zero-order valence-electron chi connectivity index (χ0n) is 10.6. The van der Waals surface area contributed by atoms with Crippen molar-refractivity contribution in [2.75, 3.05) is 39.4 Å². The van der Waals surface area contributed by atoms with Crippen molar-refractivity contribution in [3.05, 3.63) is 23.7 Å². The standard InChI is InChI=1S/C13H22N2O2/c1-2-13-12(3-8-17-13)11-14-4-5-15-6-9-16-10-7-15/h3,8,14H,2,4-7,9-11H2,1H3. The SMILES string of the molecule is CCc1occc1CNCCN1CCOCC1. The second-order valence-electron chi connectivity index (χ2n) is 4.35. The molecule has 2 heterocycles. The van der Waals surface area contributed by atoms with Crippen molar-refractivity contribution in [1.82, 2.24) is 10.2 Å². The molecule has 1 saturated heterocycles. The van der Waals surface area contributed by atoms with E-state index in [0.717, 1.165) is 58.1 Å². The van der Waals surface area contributed by atoms with Gasteiger partial charge in [0, 0.05) is 44.7 Å². The smallest absolute Gasteiger partial charge is 0.107 e. The van der Waals surface area contributed by atoms with Crippen molar-refractivity contribution >= 4 is 0 Å². The van der Waals surface area contributed by atoms with Crippen LogP contribution < -0.4 is 5.32 Å². The van der Waals surface area contributed by atoms with Gasteiger partial charge in [-0.25, -0.2) is 0 Å². The number of morpholine rings is 1. The normalized spacial score (nSPS) is 17.5. The van der Waals surface area contributed by atoms with Crippen LogP contribution in [-0.2, 0) is 17.7 Å². The lowest BCUT2D eigenvalue weighted by molar-refractivity contribution is 0.0384. The van der Waals surface area contributed by atoms with Gasteiger partial charge in [-0.3, -0.25) is 4.90 Å². The molecular weight excluding hydrogens is 216 g/mol. The van der Waals surface area contributed by atoms with E-state index in [0.29, 0.717) is 0 Å². The lowest BCUT2D eigenvalue weighted by atomic mass is 10.2. The molecule has 1 aliphatic rings. The molecule has 1 aromatic rings. The van der Waals surface area contributed by atoms with E-state index in [1.165, 1.54) is 5.56 Å². The minimum atomic E-state index is 0.877. The Balaban J connectivity index is 1.62. The first kappa shape index (κ1) is 12.6. The van der Waals surface area contributed by atoms with Gasteiger partial charge < -0.3 is 14.5 Å². The Morgan fingerprint density at radius 3 is 2.94 bits per heavy atom. The van der Waals surface area contributed by atoms with Crippen molar-refractivity contribution in [3.8, 4) is 0 Å². The number of hydrogen-bond acceptors (Lipinski definition) is 4. The Kier molecular flexibility index (Phi) is 5.04. The highest BCUT2D eigenvalue weighted by Gasteiger charge is 2.09. The van der Waals surface area contributed by atoms with E-state index < -0.39 is 0 Å². The monoisotopic (exact) mass is 238 g/mol. The number of rotatable bonds is 6. The van der Waals surface area contributed by atoms with Gasteiger partial charge in [-0.15, -0.1) is 0 Å². The highest BCUT2D eigenvalue weighted by Crippen LogP contribution is 2.10. The minimum Gasteiger partial charge on any atom is -0.469 e. The quantitative estimate of drug-likeness (QED) is 0.757. The van der Waals surface area contributed by atoms with Crippen molar-refractivity contribution in [2.45, 2.75) is 19.9 Å². The third-order valence-electron chi connectivity index (χ3n) is 3.18. The van der Waals surface area contributed by atoms with Crippen LogP contribution in [0.3, 0.4) is 0 Å². The number of aryl methyl sites for hydroxylation is 1. The van der Waals surface area contributed by atoms with Gasteiger partial charge in [-0.2, -0.15) is 0 Å². The highest BCUT2D eigenvalue weighted by molar-refractivity contribution is 5.16. The Bertz CT molecular complexity index is 319. The van der Waals surface area contributed by atoms with Crippen LogP contribution in [0.5, 0.6) is 0 Å². The van der Waals surface area contributed by atoms with Gasteiger partial charge in [0.25, 0.3) is 0 Å². The molecule has 96 valence electrons. The molecule has 4 heteroatoms. The molecule has 0 aromatic carbocycles. The first-order chi connectivity index (χ1) is 8.40. The number of nitrogens with one attached hydrogen (secondary N) is 1. The van der Waals surface area contributed by atoms with Crippen LogP contribution in [0.25, 0.3) is 0 Å². The summed E-state index contributed by atoms with van der Waals surface area (Å²) in [4.78, 5) is 2.44. The van der Waals surface area contributed by atoms with Crippen molar-refractivity contribution < 1.29 is 9.15 Å². The molecule has 0 radical (unpaired) electrons. The number of hydrogen-bond donors (Lipinski definition) is 1. The molecule has 0 atom stereocenters. The summed E-state index contributed by atoms with van der Waals surface area (Å²) in [5, 5.41) is 3.47. The van der Waals surface area contributed by atoms with Gasteiger partial charge >= 0.3 is 0 Å². The maximum atomic E-state index is 5.39. The van der Waals surface area contributed by atoms with Crippen LogP contribution in [0.1, 0.15) is 18.2 Å². The fourth-order valence-corrected chi connectivity index (χ4v) is 2.12. The molecule has 0 saturated carbocycles. The highest BCUT2D eigenvalue weighted by atomic mass is 16.5. The van der Waals surface area contributed by atoms with Gasteiger partial charge in [0.15, 0.2) is 0 Å². The predicted molar refractivity (Wildman–Crippen MR) is 67.1 cm³/mol. The average molecular weight is 238 g/mol. The molecule has 1 fully saturated rings. The van der Waals surface area contributed by atoms with Gasteiger partial charge in [-0.05, 0) is 6.07 Å². The van der Waals surface area contributed by atoms with E-state index in [9.17, 15) is 0 Å². The first-order valence-electron chi connectivity index (χ1n) is 6.46. The first-order valence-corrected chi connectivity index (χ1v) is 6.46. The second-order valence-corrected chi connectivity index (χ2v) is 4.35. The molecule has 0 unspecified atom stereocenters. The third-order valence-corrected chi connectivity index (χ3v) is 3.18. The summed E-state index contributed by atoms with van der Waals surface area (Å²) in [5.74, 6) is 1.10. The van der Waals surface area contributed by atoms with Crippen molar-refractivity contribution in [3.63, 3.8) is 0 Å². The zero-order valence-corrected chi connectivity index (χ0v) is 10.6. The van der Waals surface area contributed by atoms with Gasteiger partial charge in [0.2, 0.25) is 0 Å². The third kappa shape index (κ3) is 3.84. The maximum absolute atomic E-state index is 5.39. The molecule has 1 N–H and O–H groups in total. The summed E-state index contributed by atoms with van der Waals surface area (Å²) >= 11 is 0. The van der Waals surface area contributed by atoms with Crippen molar-refractivity contribution in [1.29, 1.82) is 0 Å². The predicted octanol–water partition coefficient (Wildman–Crippen LogP) is 1.26. The summed E-state index contributed by atoms with van der Waals surface area (Å²) in [6.07, 6.45) is 2.74. The lowest BCUT2D eigenvalue weighted by Gasteiger charge is -2.26. The summed E-state index contributed by atoms with van der Waals surface area (Å²) in [6.45, 7) is 9.03. The maximum Gasteiger partial charge on any atom is 0.107 e. The van der Waals surface area contributed by atoms with Crippen molar-refractivity contribution in [2.24, 2.45) is 0 Å². The topological polar surface area (TPSA) is 37.6 Å². The molecule has 4 nitrogen and oxygen atoms in total. The molecule has 0 amide bonds. The van der Waals surface area contributed by atoms with E-state index in [-0.39, 0.29) is 0 Å². The molecule has 2 rings (SSSR count). The Hall–Kier alpha value is -0.840. The molecule has 0 bridgehead atoms. The van der Waals surface area contributed by atoms with Crippen LogP contribution in [0.15, 0.2) is 16.7 Å². The number of furan rings is 1. The van der Waals surface area contributed by atoms with Gasteiger partial charge in [-0.1, -0.05) is 6.92 Å². The van der Waals surface area contributed by atoms with E-state index in [1.807, 2.05) is 0 Å². The summed E-state index contributed by atoms with van der Waals surface area (Å²) in [7, 11) is 0. The Morgan fingerprint density at radius 2 is 2.18 bits per heavy atom. The zero-order chi connectivity index (χ0) is 11.9. The Labute approximate surface area is 103 Å². The summed E-state index contributed by atoms with van der Waals surface area (Å²) in [5.41, 5.74) is 1.29. The number of nitrogens with zero attached hydrogens (tertiary/aromatic N) is 1. The van der Waals surface area contributed by atoms with Crippen LogP contribution in [0.2, 0.25) is 0 Å².